The number of hydrogen-bond acceptors (Lipinski definition) is 4. The molecule has 0 bridgehead atoms. The van der Waals surface area contributed by atoms with E-state index in [9.17, 15) is 10.1 Å². The minimum absolute atomic E-state index is 0.0669. The first-order valence-corrected chi connectivity index (χ1v) is 9.97. The van der Waals surface area contributed by atoms with E-state index in [1.165, 1.54) is 17.4 Å². The second-order valence-corrected chi connectivity index (χ2v) is 8.06. The van der Waals surface area contributed by atoms with Gasteiger partial charge >= 0.3 is 0 Å². The number of halogens is 3. The van der Waals surface area contributed by atoms with Gasteiger partial charge in [0.1, 0.15) is 11.6 Å². The minimum Gasteiger partial charge on any atom is -0.297 e. The molecule has 3 aromatic rings. The predicted molar refractivity (Wildman–Crippen MR) is 115 cm³/mol. The Hall–Kier alpha value is -2.36. The quantitative estimate of drug-likeness (QED) is 0.371. The van der Waals surface area contributed by atoms with Crippen molar-refractivity contribution in [3.8, 4) is 6.07 Å². The van der Waals surface area contributed by atoms with E-state index in [0.717, 1.165) is 10.4 Å². The van der Waals surface area contributed by atoms with Crippen molar-refractivity contribution >= 4 is 63.3 Å². The Bertz CT molecular complexity index is 1100. The van der Waals surface area contributed by atoms with Crippen molar-refractivity contribution in [2.45, 2.75) is 6.42 Å². The summed E-state index contributed by atoms with van der Waals surface area (Å²) in [4.78, 5) is 17.5. The molecule has 1 N–H and O–H groups in total. The molecule has 4 nitrogen and oxygen atoms in total. The number of carbonyl (C=O) groups excluding carboxylic acids is 1. The molecule has 8 heteroatoms. The Morgan fingerprint density at radius 2 is 1.96 bits per heavy atom. The highest BCUT2D eigenvalue weighted by atomic mass is 35.5. The fraction of sp³-hybridized carbons (Fsp3) is 0.0500. The first-order chi connectivity index (χ1) is 13.5. The smallest absolute Gasteiger partial charge is 0.268 e. The summed E-state index contributed by atoms with van der Waals surface area (Å²) in [6, 6.07) is 14.1. The van der Waals surface area contributed by atoms with Crippen molar-refractivity contribution < 1.29 is 4.79 Å². The molecule has 0 unspecified atom stereocenters. The summed E-state index contributed by atoms with van der Waals surface area (Å²) >= 11 is 19.6. The number of nitrogens with zero attached hydrogens (tertiary/aromatic N) is 2. The van der Waals surface area contributed by atoms with Gasteiger partial charge in [-0.25, -0.2) is 4.98 Å². The molecular weight excluding hydrogens is 437 g/mol. The highest BCUT2D eigenvalue weighted by molar-refractivity contribution is 7.15. The number of hydrogen-bond donors (Lipinski definition) is 1. The van der Waals surface area contributed by atoms with Crippen LogP contribution >= 0.6 is 46.1 Å². The zero-order valence-corrected chi connectivity index (χ0v) is 17.3. The van der Waals surface area contributed by atoms with Crippen molar-refractivity contribution in [3.05, 3.63) is 85.3 Å². The standard InChI is InChI=1S/C20H12Cl3N3OS/c21-15-5-6-18(23)13(8-15)9-16-11-25-20(28-16)26-19(27)14(10-24)7-12-3-1-2-4-17(12)22/h1-8,11H,9H2,(H,25,26,27). The average Bonchev–Trinajstić information content (AvgIpc) is 3.10. The van der Waals surface area contributed by atoms with Gasteiger partial charge < -0.3 is 0 Å². The number of benzene rings is 2. The van der Waals surface area contributed by atoms with Crippen LogP contribution in [-0.4, -0.2) is 10.9 Å². The van der Waals surface area contributed by atoms with Crippen LogP contribution in [-0.2, 0) is 11.2 Å². The van der Waals surface area contributed by atoms with E-state index in [0.29, 0.717) is 32.2 Å². The van der Waals surface area contributed by atoms with Gasteiger partial charge in [-0.05, 0) is 41.5 Å². The lowest BCUT2D eigenvalue weighted by atomic mass is 10.1. The molecule has 0 radical (unpaired) electrons. The summed E-state index contributed by atoms with van der Waals surface area (Å²) in [6.45, 7) is 0. The minimum atomic E-state index is -0.552. The lowest BCUT2D eigenvalue weighted by Gasteiger charge is -2.03. The van der Waals surface area contributed by atoms with Crippen molar-refractivity contribution in [2.75, 3.05) is 5.32 Å². The summed E-state index contributed by atoms with van der Waals surface area (Å²) in [5, 5.41) is 14.0. The normalized spacial score (nSPS) is 11.1. The van der Waals surface area contributed by atoms with Crippen LogP contribution < -0.4 is 5.32 Å². The van der Waals surface area contributed by atoms with Crippen LogP contribution in [0.1, 0.15) is 16.0 Å². The summed E-state index contributed by atoms with van der Waals surface area (Å²) in [5.41, 5.74) is 1.39. The molecule has 0 atom stereocenters. The highest BCUT2D eigenvalue weighted by Gasteiger charge is 2.13. The maximum atomic E-state index is 12.4. The third-order valence-corrected chi connectivity index (χ3v) is 5.58. The van der Waals surface area contributed by atoms with Gasteiger partial charge in [0.05, 0.1) is 0 Å². The maximum absolute atomic E-state index is 12.4. The first-order valence-electron chi connectivity index (χ1n) is 8.02. The Morgan fingerprint density at radius 1 is 1.18 bits per heavy atom. The van der Waals surface area contributed by atoms with Crippen LogP contribution in [0.4, 0.5) is 5.13 Å². The van der Waals surface area contributed by atoms with Crippen LogP contribution in [0.25, 0.3) is 6.08 Å². The number of nitriles is 1. The van der Waals surface area contributed by atoms with E-state index < -0.39 is 5.91 Å². The van der Waals surface area contributed by atoms with Gasteiger partial charge in [0, 0.05) is 32.6 Å². The van der Waals surface area contributed by atoms with E-state index in [-0.39, 0.29) is 5.57 Å². The van der Waals surface area contributed by atoms with Crippen LogP contribution in [0, 0.1) is 11.3 Å². The van der Waals surface area contributed by atoms with Gasteiger partial charge in [-0.3, -0.25) is 10.1 Å². The van der Waals surface area contributed by atoms with E-state index >= 15 is 0 Å². The van der Waals surface area contributed by atoms with Crippen LogP contribution in [0.2, 0.25) is 15.1 Å². The first kappa shape index (κ1) is 20.4. The van der Waals surface area contributed by atoms with Gasteiger partial charge in [0.2, 0.25) is 0 Å². The Labute approximate surface area is 181 Å². The number of amides is 1. The van der Waals surface area contributed by atoms with E-state index in [1.807, 2.05) is 6.07 Å². The highest BCUT2D eigenvalue weighted by Crippen LogP contribution is 2.27. The van der Waals surface area contributed by atoms with Crippen LogP contribution in [0.5, 0.6) is 0 Å². The van der Waals surface area contributed by atoms with Gasteiger partial charge in [0.25, 0.3) is 5.91 Å². The predicted octanol–water partition coefficient (Wildman–Crippen LogP) is 6.24. The third kappa shape index (κ3) is 5.12. The Balaban J connectivity index is 1.73. The fourth-order valence-electron chi connectivity index (χ4n) is 2.37. The molecule has 1 amide bonds. The Morgan fingerprint density at radius 3 is 2.71 bits per heavy atom. The molecule has 28 heavy (non-hydrogen) atoms. The zero-order chi connectivity index (χ0) is 20.1. The van der Waals surface area contributed by atoms with Gasteiger partial charge in [-0.1, -0.05) is 53.0 Å². The topological polar surface area (TPSA) is 65.8 Å². The molecule has 1 heterocycles. The van der Waals surface area contributed by atoms with Crippen molar-refractivity contribution in [2.24, 2.45) is 0 Å². The van der Waals surface area contributed by atoms with Crippen LogP contribution in [0.3, 0.4) is 0 Å². The third-order valence-electron chi connectivity index (χ3n) is 3.72. The second-order valence-electron chi connectivity index (χ2n) is 5.69. The maximum Gasteiger partial charge on any atom is 0.268 e. The molecule has 0 fully saturated rings. The largest absolute Gasteiger partial charge is 0.297 e. The fourth-order valence-corrected chi connectivity index (χ4v) is 3.77. The molecule has 3 rings (SSSR count). The van der Waals surface area contributed by atoms with Gasteiger partial charge in [0.15, 0.2) is 5.13 Å². The van der Waals surface area contributed by atoms with Crippen molar-refractivity contribution in [1.82, 2.24) is 4.98 Å². The second kappa shape index (κ2) is 9.22. The van der Waals surface area contributed by atoms with E-state index in [4.69, 9.17) is 34.8 Å². The molecule has 2 aromatic carbocycles. The average molecular weight is 449 g/mol. The number of rotatable bonds is 5. The van der Waals surface area contributed by atoms with Gasteiger partial charge in [-0.2, -0.15) is 5.26 Å². The van der Waals surface area contributed by atoms with Crippen molar-refractivity contribution in [3.63, 3.8) is 0 Å². The number of carbonyl (C=O) groups is 1. The number of aromatic nitrogens is 1. The molecular formula is C20H12Cl3N3OS. The zero-order valence-electron chi connectivity index (χ0n) is 14.2. The molecule has 0 saturated carbocycles. The molecule has 0 aliphatic rings. The summed E-state index contributed by atoms with van der Waals surface area (Å²) in [6.07, 6.45) is 3.63. The number of nitrogens with one attached hydrogen (secondary N) is 1. The van der Waals surface area contributed by atoms with Gasteiger partial charge in [-0.15, -0.1) is 11.3 Å². The molecule has 0 saturated heterocycles. The van der Waals surface area contributed by atoms with Crippen molar-refractivity contribution in [1.29, 1.82) is 5.26 Å². The summed E-state index contributed by atoms with van der Waals surface area (Å²) < 4.78 is 0. The SMILES string of the molecule is N#CC(=Cc1ccccc1Cl)C(=O)Nc1ncc(Cc2cc(Cl)ccc2Cl)s1. The van der Waals surface area contributed by atoms with Crippen LogP contribution in [0.15, 0.2) is 54.2 Å². The summed E-state index contributed by atoms with van der Waals surface area (Å²) in [5.74, 6) is -0.552. The lowest BCUT2D eigenvalue weighted by molar-refractivity contribution is -0.112. The molecule has 0 aliphatic heterocycles. The molecule has 140 valence electrons. The summed E-state index contributed by atoms with van der Waals surface area (Å²) in [7, 11) is 0. The number of anilines is 1. The Kier molecular flexibility index (Phi) is 6.71. The van der Waals surface area contributed by atoms with E-state index in [1.54, 1.807) is 48.7 Å². The van der Waals surface area contributed by atoms with E-state index in [2.05, 4.69) is 10.3 Å². The number of thiazole rings is 1. The lowest BCUT2D eigenvalue weighted by Crippen LogP contribution is -2.13. The molecule has 1 aromatic heterocycles. The molecule has 0 aliphatic carbocycles. The monoisotopic (exact) mass is 447 g/mol. The molecule has 0 spiro atoms.